The van der Waals surface area contributed by atoms with Crippen molar-refractivity contribution in [2.75, 3.05) is 90.1 Å². The van der Waals surface area contributed by atoms with Crippen LogP contribution in [0.4, 0.5) is 22.7 Å². The number of rotatable bonds is 12. The second-order valence-electron chi connectivity index (χ2n) is 19.9. The molecule has 6 heterocycles. The van der Waals surface area contributed by atoms with E-state index in [1.165, 1.54) is 100 Å². The molecule has 2 aromatic heterocycles. The first-order valence-electron chi connectivity index (χ1n) is 27.3. The number of benzene rings is 4. The number of ether oxygens (including phenoxy) is 6. The predicted octanol–water partition coefficient (Wildman–Crippen LogP) is 8.46. The molecule has 84 heavy (non-hydrogen) atoms. The van der Waals surface area contributed by atoms with E-state index in [-0.39, 0.29) is 24.4 Å². The first-order chi connectivity index (χ1) is 40.0. The molecule has 452 valence electrons. The minimum absolute atomic E-state index is 0.114. The Morgan fingerprint density at radius 3 is 1.49 bits per heavy atom. The van der Waals surface area contributed by atoms with Crippen molar-refractivity contribution in [1.29, 1.82) is 0 Å². The maximum absolute atomic E-state index is 11.6. The lowest BCUT2D eigenvalue weighted by Gasteiger charge is -2.23. The van der Waals surface area contributed by atoms with Crippen LogP contribution in [0.3, 0.4) is 0 Å². The molecule has 0 spiro atoms. The number of nitrogens with one attached hydrogen (secondary N) is 4. The summed E-state index contributed by atoms with van der Waals surface area (Å²) >= 11 is 0. The number of aryl methyl sites for hydroxylation is 3. The Kier molecular flexibility index (Phi) is 24.7. The van der Waals surface area contributed by atoms with Crippen molar-refractivity contribution in [1.82, 2.24) is 0 Å². The zero-order chi connectivity index (χ0) is 61.7. The van der Waals surface area contributed by atoms with E-state index < -0.39 is 46.3 Å². The van der Waals surface area contributed by atoms with Crippen molar-refractivity contribution < 1.29 is 76.2 Å². The van der Waals surface area contributed by atoms with Crippen LogP contribution in [0.2, 0.25) is 0 Å². The van der Waals surface area contributed by atoms with E-state index in [0.717, 1.165) is 116 Å². The fraction of sp³-hybridized carbons (Fsp3) is 0.419. The van der Waals surface area contributed by atoms with Crippen molar-refractivity contribution in [3.63, 3.8) is 0 Å². The Hall–Kier alpha value is -8.44. The van der Waals surface area contributed by atoms with Crippen LogP contribution in [0.5, 0.6) is 11.5 Å². The molecule has 0 atom stereocenters. The van der Waals surface area contributed by atoms with Crippen LogP contribution >= 0.6 is 0 Å². The summed E-state index contributed by atoms with van der Waals surface area (Å²) in [7, 11) is 7.76. The average molecular weight is 1170 g/mol. The minimum atomic E-state index is -1.37. The van der Waals surface area contributed by atoms with E-state index in [2.05, 4.69) is 30.7 Å². The minimum Gasteiger partial charge on any atom is -0.508 e. The van der Waals surface area contributed by atoms with Crippen molar-refractivity contribution in [2.45, 2.75) is 103 Å². The number of esters is 2. The Morgan fingerprint density at radius 1 is 0.512 bits per heavy atom. The van der Waals surface area contributed by atoms with E-state index in [1.54, 1.807) is 18.2 Å². The molecular formula is C62H76N4O18. The number of ketones is 4. The predicted molar refractivity (Wildman–Crippen MR) is 317 cm³/mol. The van der Waals surface area contributed by atoms with E-state index in [1.807, 2.05) is 42.5 Å². The Bertz CT molecular complexity index is 3360. The number of carbonyl (C=O) groups excluding carboxylic acids is 6. The summed E-state index contributed by atoms with van der Waals surface area (Å²) in [4.78, 5) is 90.3. The molecule has 6 aromatic rings. The first kappa shape index (κ1) is 66.4. The fourth-order valence-corrected chi connectivity index (χ4v) is 9.18. The van der Waals surface area contributed by atoms with Gasteiger partial charge in [-0.25, -0.2) is 9.59 Å². The van der Waals surface area contributed by atoms with E-state index in [0.29, 0.717) is 33.8 Å². The number of anilines is 4. The van der Waals surface area contributed by atoms with E-state index >= 15 is 0 Å². The van der Waals surface area contributed by atoms with E-state index in [4.69, 9.17) is 32.9 Å². The van der Waals surface area contributed by atoms with Crippen molar-refractivity contribution in [2.24, 2.45) is 0 Å². The standard InChI is InChI=1S/2C14H13NO3.2C9H11NO.2C8H14O5/c1-8(16)11-7-13(17)18-14-9(11)4-5-12-10(14)3-2-6-15-12;1-8(16)10-6-14(17)18-13-7-12-9(5-11(10)13)3-2-4-15-12;11-9-5-1-4-8-7(9)3-2-6-10-8;11-8-4-3-7-2-1-5-10-9(7)6-8;2*1-8(12-3,13-4)6(9)5-7(10)11-2/h4-5,7,15H,2-3,6H2,1H3;5-7,15H,2-4H2,1H3;1,4-5,10-11H,2-3,6H2;3-4,6,10-11H,1-2,5H2;2*5H2,1-4H3. The van der Waals surface area contributed by atoms with Gasteiger partial charge in [0.1, 0.15) is 35.5 Å². The van der Waals surface area contributed by atoms with Gasteiger partial charge in [-0.3, -0.25) is 28.8 Å². The van der Waals surface area contributed by atoms with Gasteiger partial charge in [-0.2, -0.15) is 0 Å². The molecule has 22 heteroatoms. The van der Waals surface area contributed by atoms with Crippen LogP contribution in [0, 0.1) is 0 Å². The Balaban J connectivity index is 0.000000187. The molecule has 0 saturated heterocycles. The summed E-state index contributed by atoms with van der Waals surface area (Å²) in [6, 6.07) is 21.2. The van der Waals surface area contributed by atoms with Gasteiger partial charge in [0.25, 0.3) is 0 Å². The van der Waals surface area contributed by atoms with Crippen LogP contribution in [-0.4, -0.2) is 126 Å². The third-order valence-electron chi connectivity index (χ3n) is 14.3. The van der Waals surface area contributed by atoms with Gasteiger partial charge >= 0.3 is 23.2 Å². The van der Waals surface area contributed by atoms with E-state index in [9.17, 15) is 43.5 Å². The van der Waals surface area contributed by atoms with Crippen LogP contribution in [0.1, 0.15) is 109 Å². The second-order valence-corrected chi connectivity index (χ2v) is 19.9. The highest BCUT2D eigenvalue weighted by Crippen LogP contribution is 2.33. The third kappa shape index (κ3) is 17.8. The summed E-state index contributed by atoms with van der Waals surface area (Å²) in [5, 5.41) is 33.1. The van der Waals surface area contributed by atoms with Gasteiger partial charge in [0, 0.05) is 135 Å². The summed E-state index contributed by atoms with van der Waals surface area (Å²) in [5.41, 5.74) is 9.69. The topological polar surface area (TPSA) is 307 Å². The normalized spacial score (nSPS) is 13.5. The maximum atomic E-state index is 11.6. The van der Waals surface area contributed by atoms with Crippen molar-refractivity contribution in [3.8, 4) is 11.5 Å². The molecule has 0 saturated carbocycles. The summed E-state index contributed by atoms with van der Waals surface area (Å²) in [5.74, 6) is -4.34. The van der Waals surface area contributed by atoms with Crippen LogP contribution < -0.4 is 32.5 Å². The molecule has 22 nitrogen and oxygen atoms in total. The molecule has 10 rings (SSSR count). The number of aromatic hydroxyl groups is 2. The van der Waals surface area contributed by atoms with Crippen molar-refractivity contribution >= 4 is 79.8 Å². The largest absolute Gasteiger partial charge is 0.508 e. The van der Waals surface area contributed by atoms with Gasteiger partial charge in [-0.1, -0.05) is 12.1 Å². The Labute approximate surface area is 486 Å². The number of carbonyl (C=O) groups is 6. The lowest BCUT2D eigenvalue weighted by Crippen LogP contribution is -2.40. The fourth-order valence-electron chi connectivity index (χ4n) is 9.18. The molecule has 0 unspecified atom stereocenters. The molecule has 0 amide bonds. The molecule has 0 aliphatic carbocycles. The lowest BCUT2D eigenvalue weighted by molar-refractivity contribution is -0.200. The van der Waals surface area contributed by atoms with Gasteiger partial charge in [0.05, 0.1) is 14.2 Å². The smallest absolute Gasteiger partial charge is 0.336 e. The summed E-state index contributed by atoms with van der Waals surface area (Å²) < 4.78 is 38.4. The number of hydrogen-bond acceptors (Lipinski definition) is 22. The molecule has 4 aromatic carbocycles. The highest BCUT2D eigenvalue weighted by Gasteiger charge is 2.35. The van der Waals surface area contributed by atoms with Crippen molar-refractivity contribution in [3.05, 3.63) is 127 Å². The highest BCUT2D eigenvalue weighted by molar-refractivity contribution is 6.07. The highest BCUT2D eigenvalue weighted by atomic mass is 16.7. The Morgan fingerprint density at radius 2 is 0.976 bits per heavy atom. The molecule has 6 N–H and O–H groups in total. The lowest BCUT2D eigenvalue weighted by atomic mass is 9.98. The van der Waals surface area contributed by atoms with Gasteiger partial charge < -0.3 is 68.7 Å². The SMILES string of the molecule is CC(=O)c1cc(=O)oc2c3c(ccc12)NCCC3.CC(=O)c1cc(=O)oc2cc3c(cc12)CCCN3.COC(=O)CC(=O)C(C)(OC)OC.COC(=O)CC(=O)C(C)(OC)OC.Oc1ccc2c(c1)NCCC2.Oc1cccc2c1CCCN2. The average Bonchev–Trinajstić information content (AvgIpc) is 1.70. The molecule has 4 aliphatic heterocycles. The second kappa shape index (κ2) is 31.3. The van der Waals surface area contributed by atoms with Gasteiger partial charge in [0.15, 0.2) is 11.6 Å². The third-order valence-corrected chi connectivity index (χ3v) is 14.3. The molecular weight excluding hydrogens is 1090 g/mol. The number of methoxy groups -OCH3 is 6. The number of hydrogen-bond donors (Lipinski definition) is 6. The van der Waals surface area contributed by atoms with Gasteiger partial charge in [0.2, 0.25) is 23.1 Å². The van der Waals surface area contributed by atoms with Gasteiger partial charge in [-0.05, 0) is 127 Å². The quantitative estimate of drug-likeness (QED) is 0.0220. The monoisotopic (exact) mass is 1160 g/mol. The van der Waals surface area contributed by atoms with Crippen LogP contribution in [0.15, 0.2) is 91.2 Å². The number of fused-ring (bicyclic) bond motifs is 7. The summed E-state index contributed by atoms with van der Waals surface area (Å²) in [6.45, 7) is 9.71. The number of phenols is 2. The number of Topliss-reactive ketones (excluding diaryl/α,β-unsaturated/α-hetero) is 4. The molecule has 0 radical (unpaired) electrons. The zero-order valence-corrected chi connectivity index (χ0v) is 49.3. The van der Waals surface area contributed by atoms with Gasteiger partial charge in [-0.15, -0.1) is 0 Å². The maximum Gasteiger partial charge on any atom is 0.336 e. The first-order valence-corrected chi connectivity index (χ1v) is 27.3. The number of phenolic OH excluding ortho intramolecular Hbond substituents is 2. The summed E-state index contributed by atoms with van der Waals surface area (Å²) in [6.07, 6.45) is 7.65. The van der Waals surface area contributed by atoms with Crippen LogP contribution in [0.25, 0.3) is 21.9 Å². The van der Waals surface area contributed by atoms with Crippen LogP contribution in [-0.2, 0) is 73.3 Å². The zero-order valence-electron chi connectivity index (χ0n) is 49.3. The molecule has 0 bridgehead atoms. The molecule has 0 fully saturated rings. The molecule has 4 aliphatic rings.